The molecule has 0 N–H and O–H groups in total. The predicted molar refractivity (Wildman–Crippen MR) is 82.7 cm³/mol. The average Bonchev–Trinajstić information content (AvgIpc) is 2.81. The van der Waals surface area contributed by atoms with Gasteiger partial charge in [-0.05, 0) is 24.5 Å². The molecule has 0 aliphatic carbocycles. The number of benzene rings is 1. The van der Waals surface area contributed by atoms with Crippen molar-refractivity contribution >= 4 is 23.9 Å². The Morgan fingerprint density at radius 1 is 1.36 bits per heavy atom. The largest absolute Gasteiger partial charge is 0.510 e. The van der Waals surface area contributed by atoms with Crippen LogP contribution in [0.4, 0.5) is 4.79 Å². The van der Waals surface area contributed by atoms with Crippen LogP contribution in [0.2, 0.25) is 0 Å². The Balaban J connectivity index is 2.22. The number of carbonyl (C=O) groups excluding carboxylic acids is 2. The maximum absolute atomic E-state index is 12.3. The first kappa shape index (κ1) is 16.7. The number of cyclic esters (lactones) is 2. The number of methoxy groups -OCH3 is 1. The van der Waals surface area contributed by atoms with E-state index in [2.05, 4.69) is 0 Å². The van der Waals surface area contributed by atoms with Gasteiger partial charge in [0.25, 0.3) is 5.60 Å². The molecular formula is C16H20O5S. The fourth-order valence-corrected chi connectivity index (χ4v) is 3.44. The van der Waals surface area contributed by atoms with E-state index in [0.29, 0.717) is 6.42 Å². The molecule has 1 heterocycles. The third-order valence-electron chi connectivity index (χ3n) is 3.44. The number of ether oxygens (including phenoxy) is 3. The quantitative estimate of drug-likeness (QED) is 0.591. The lowest BCUT2D eigenvalue weighted by Crippen LogP contribution is -2.51. The minimum atomic E-state index is -1.39. The van der Waals surface area contributed by atoms with Crippen molar-refractivity contribution in [3.8, 4) is 0 Å². The maximum atomic E-state index is 12.3. The van der Waals surface area contributed by atoms with Gasteiger partial charge in [-0.25, -0.2) is 9.59 Å². The van der Waals surface area contributed by atoms with Gasteiger partial charge in [0, 0.05) is 4.90 Å². The Morgan fingerprint density at radius 2 is 2.05 bits per heavy atom. The molecular weight excluding hydrogens is 304 g/mol. The molecule has 0 amide bonds. The zero-order chi connectivity index (χ0) is 16.2. The van der Waals surface area contributed by atoms with Gasteiger partial charge in [-0.2, -0.15) is 0 Å². The molecule has 0 spiro atoms. The minimum Gasteiger partial charge on any atom is -0.466 e. The SMILES string of the molecule is COC(=O)[C@@]1(CSc2ccccc2)OC(=O)O[C@@H]1CC(C)C. The average molecular weight is 324 g/mol. The summed E-state index contributed by atoms with van der Waals surface area (Å²) in [6, 6.07) is 9.61. The first-order valence-electron chi connectivity index (χ1n) is 7.14. The fraction of sp³-hybridized carbons (Fsp3) is 0.500. The highest BCUT2D eigenvalue weighted by Crippen LogP contribution is 2.37. The lowest BCUT2D eigenvalue weighted by molar-refractivity contribution is -0.160. The van der Waals surface area contributed by atoms with Crippen LogP contribution in [0.25, 0.3) is 0 Å². The van der Waals surface area contributed by atoms with Crippen molar-refractivity contribution in [1.82, 2.24) is 0 Å². The van der Waals surface area contributed by atoms with Gasteiger partial charge in [-0.1, -0.05) is 32.0 Å². The van der Waals surface area contributed by atoms with Crippen LogP contribution in [0.5, 0.6) is 0 Å². The fourth-order valence-electron chi connectivity index (χ4n) is 2.35. The van der Waals surface area contributed by atoms with Crippen LogP contribution in [0.15, 0.2) is 35.2 Å². The van der Waals surface area contributed by atoms with Crippen LogP contribution in [0.1, 0.15) is 20.3 Å². The smallest absolute Gasteiger partial charge is 0.466 e. The highest BCUT2D eigenvalue weighted by molar-refractivity contribution is 7.99. The molecule has 1 aromatic rings. The molecule has 1 saturated heterocycles. The molecule has 0 unspecified atom stereocenters. The van der Waals surface area contributed by atoms with Gasteiger partial charge >= 0.3 is 12.1 Å². The Kier molecular flexibility index (Phi) is 5.34. The molecule has 1 aliphatic heterocycles. The summed E-state index contributed by atoms with van der Waals surface area (Å²) in [5.74, 6) is -0.0648. The van der Waals surface area contributed by atoms with E-state index in [0.717, 1.165) is 4.90 Å². The number of esters is 1. The van der Waals surface area contributed by atoms with Crippen molar-refractivity contribution in [2.75, 3.05) is 12.9 Å². The van der Waals surface area contributed by atoms with E-state index >= 15 is 0 Å². The number of hydrogen-bond acceptors (Lipinski definition) is 6. The van der Waals surface area contributed by atoms with E-state index in [-0.39, 0.29) is 11.7 Å². The first-order chi connectivity index (χ1) is 10.5. The zero-order valence-corrected chi connectivity index (χ0v) is 13.7. The molecule has 5 nitrogen and oxygen atoms in total. The van der Waals surface area contributed by atoms with Crippen molar-refractivity contribution in [3.63, 3.8) is 0 Å². The molecule has 0 radical (unpaired) electrons. The van der Waals surface area contributed by atoms with Crippen LogP contribution in [0.3, 0.4) is 0 Å². The number of hydrogen-bond donors (Lipinski definition) is 0. The highest BCUT2D eigenvalue weighted by atomic mass is 32.2. The van der Waals surface area contributed by atoms with Gasteiger partial charge in [-0.3, -0.25) is 0 Å². The van der Waals surface area contributed by atoms with Gasteiger partial charge in [0.05, 0.1) is 12.9 Å². The van der Waals surface area contributed by atoms with Crippen LogP contribution in [-0.2, 0) is 19.0 Å². The predicted octanol–water partition coefficient (Wildman–Crippen LogP) is 3.27. The van der Waals surface area contributed by atoms with Crippen molar-refractivity contribution in [2.24, 2.45) is 5.92 Å². The van der Waals surface area contributed by atoms with Crippen molar-refractivity contribution in [3.05, 3.63) is 30.3 Å². The Bertz CT molecular complexity index is 531. The van der Waals surface area contributed by atoms with E-state index < -0.39 is 23.8 Å². The van der Waals surface area contributed by atoms with Crippen molar-refractivity contribution in [1.29, 1.82) is 0 Å². The summed E-state index contributed by atoms with van der Waals surface area (Å²) in [6.07, 6.45) is -0.913. The van der Waals surface area contributed by atoms with Gasteiger partial charge in [-0.15, -0.1) is 11.8 Å². The summed E-state index contributed by atoms with van der Waals surface area (Å²) in [4.78, 5) is 24.9. The minimum absolute atomic E-state index is 0.255. The van der Waals surface area contributed by atoms with Crippen LogP contribution in [-0.4, -0.2) is 36.7 Å². The molecule has 0 aromatic heterocycles. The Hall–Kier alpha value is -1.69. The highest BCUT2D eigenvalue weighted by Gasteiger charge is 2.58. The molecule has 2 atom stereocenters. The summed E-state index contributed by atoms with van der Waals surface area (Å²) >= 11 is 1.44. The molecule has 0 saturated carbocycles. The molecule has 1 aromatic carbocycles. The van der Waals surface area contributed by atoms with Gasteiger partial charge in [0.1, 0.15) is 0 Å². The summed E-state index contributed by atoms with van der Waals surface area (Å²) < 4.78 is 15.4. The third-order valence-corrected chi connectivity index (χ3v) is 4.62. The molecule has 120 valence electrons. The standard InChI is InChI=1S/C16H20O5S/c1-11(2)9-13-16(14(17)19-3,21-15(18)20-13)10-22-12-7-5-4-6-8-12/h4-8,11,13H,9-10H2,1-3H3/t13-,16+/m1/s1. The van der Waals surface area contributed by atoms with Gasteiger partial charge < -0.3 is 14.2 Å². The second-order valence-corrected chi connectivity index (χ2v) is 6.62. The second kappa shape index (κ2) is 7.05. The van der Waals surface area contributed by atoms with Crippen molar-refractivity contribution < 1.29 is 23.8 Å². The van der Waals surface area contributed by atoms with E-state index in [4.69, 9.17) is 14.2 Å². The molecule has 2 rings (SSSR count). The Morgan fingerprint density at radius 3 is 2.64 bits per heavy atom. The lowest BCUT2D eigenvalue weighted by atomic mass is 9.92. The molecule has 22 heavy (non-hydrogen) atoms. The van der Waals surface area contributed by atoms with Crippen molar-refractivity contribution in [2.45, 2.75) is 36.9 Å². The third kappa shape index (κ3) is 3.55. The second-order valence-electron chi connectivity index (χ2n) is 5.57. The summed E-state index contributed by atoms with van der Waals surface area (Å²) in [6.45, 7) is 4.00. The zero-order valence-electron chi connectivity index (χ0n) is 12.9. The monoisotopic (exact) mass is 324 g/mol. The van der Waals surface area contributed by atoms with Crippen LogP contribution in [0, 0.1) is 5.92 Å². The van der Waals surface area contributed by atoms with Crippen LogP contribution < -0.4 is 0 Å². The molecule has 0 bridgehead atoms. The van der Waals surface area contributed by atoms with Crippen LogP contribution >= 0.6 is 11.8 Å². The van der Waals surface area contributed by atoms with E-state index in [9.17, 15) is 9.59 Å². The maximum Gasteiger partial charge on any atom is 0.510 e. The first-order valence-corrected chi connectivity index (χ1v) is 8.12. The summed E-state index contributed by atoms with van der Waals surface area (Å²) in [5, 5.41) is 0. The van der Waals surface area contributed by atoms with E-state index in [1.165, 1.54) is 18.9 Å². The molecule has 1 aliphatic rings. The number of carbonyl (C=O) groups is 2. The van der Waals surface area contributed by atoms with E-state index in [1.807, 2.05) is 44.2 Å². The summed E-state index contributed by atoms with van der Waals surface area (Å²) in [5.41, 5.74) is -1.39. The normalized spacial score (nSPS) is 24.0. The molecule has 6 heteroatoms. The molecule has 1 fully saturated rings. The Labute approximate surface area is 134 Å². The van der Waals surface area contributed by atoms with Gasteiger partial charge in [0.2, 0.25) is 0 Å². The lowest BCUT2D eigenvalue weighted by Gasteiger charge is -2.28. The number of rotatable bonds is 6. The summed E-state index contributed by atoms with van der Waals surface area (Å²) in [7, 11) is 1.29. The van der Waals surface area contributed by atoms with E-state index in [1.54, 1.807) is 0 Å². The number of thioether (sulfide) groups is 1. The topological polar surface area (TPSA) is 61.8 Å². The van der Waals surface area contributed by atoms with Gasteiger partial charge in [0.15, 0.2) is 6.10 Å².